The minimum absolute atomic E-state index is 0.270. The lowest BCUT2D eigenvalue weighted by Crippen LogP contribution is -2.06. The molecule has 0 fully saturated rings. The average Bonchev–Trinajstić information content (AvgIpc) is 2.64. The molecule has 3 heteroatoms. The topological polar surface area (TPSA) is 38.7 Å². The van der Waals surface area contributed by atoms with Crippen LogP contribution in [0.4, 0.5) is 5.69 Å². The van der Waals surface area contributed by atoms with E-state index in [1.54, 1.807) is 12.1 Å². The fraction of sp³-hybridized carbons (Fsp3) is 0.333. The third-order valence-electron chi connectivity index (χ3n) is 4.01. The summed E-state index contributed by atoms with van der Waals surface area (Å²) in [4.78, 5) is 16.3. The van der Waals surface area contributed by atoms with E-state index >= 15 is 0 Å². The number of hydrogen-bond acceptors (Lipinski definition) is 3. The van der Waals surface area contributed by atoms with Crippen molar-refractivity contribution in [3.05, 3.63) is 65.7 Å². The molecule has 1 atom stereocenters. The van der Waals surface area contributed by atoms with Gasteiger partial charge in [0.1, 0.15) is 0 Å². The van der Waals surface area contributed by atoms with Gasteiger partial charge in [0.05, 0.1) is 17.9 Å². The van der Waals surface area contributed by atoms with Gasteiger partial charge < -0.3 is 4.74 Å². The molecule has 3 nitrogen and oxygen atoms in total. The summed E-state index contributed by atoms with van der Waals surface area (Å²) in [5, 5.41) is 0. The quantitative estimate of drug-likeness (QED) is 0.363. The summed E-state index contributed by atoms with van der Waals surface area (Å²) in [6, 6.07) is 17.4. The van der Waals surface area contributed by atoms with Crippen LogP contribution >= 0.6 is 0 Å². The van der Waals surface area contributed by atoms with Crippen LogP contribution in [0.5, 0.6) is 0 Å². The molecule has 0 spiro atoms. The number of aliphatic imine (C=N–C) groups is 1. The van der Waals surface area contributed by atoms with Crippen molar-refractivity contribution in [1.29, 1.82) is 0 Å². The van der Waals surface area contributed by atoms with Gasteiger partial charge in [-0.1, -0.05) is 44.2 Å². The Morgan fingerprint density at radius 1 is 1.17 bits per heavy atom. The molecule has 0 aliphatic carbocycles. The zero-order valence-corrected chi connectivity index (χ0v) is 14.4. The second kappa shape index (κ2) is 9.66. The van der Waals surface area contributed by atoms with Gasteiger partial charge in [-0.3, -0.25) is 4.99 Å². The Morgan fingerprint density at radius 2 is 1.96 bits per heavy atom. The van der Waals surface area contributed by atoms with Gasteiger partial charge in [-0.15, -0.1) is 0 Å². The predicted molar refractivity (Wildman–Crippen MR) is 99.3 cm³/mol. The highest BCUT2D eigenvalue weighted by Gasteiger charge is 2.05. The fourth-order valence-electron chi connectivity index (χ4n) is 2.31. The maximum atomic E-state index is 11.8. The highest BCUT2D eigenvalue weighted by Crippen LogP contribution is 2.23. The molecule has 0 heterocycles. The molecular formula is C21H25NO2. The molecule has 24 heavy (non-hydrogen) atoms. The van der Waals surface area contributed by atoms with Gasteiger partial charge in [0.15, 0.2) is 0 Å². The number of benzene rings is 2. The van der Waals surface area contributed by atoms with Gasteiger partial charge >= 0.3 is 5.97 Å². The Labute approximate surface area is 144 Å². The molecule has 0 aliphatic heterocycles. The molecule has 0 bridgehead atoms. The van der Waals surface area contributed by atoms with Crippen LogP contribution in [0.25, 0.3) is 0 Å². The van der Waals surface area contributed by atoms with Gasteiger partial charge in [0, 0.05) is 6.21 Å². The molecule has 126 valence electrons. The lowest BCUT2D eigenvalue weighted by atomic mass is 9.98. The first-order valence-corrected chi connectivity index (χ1v) is 8.55. The van der Waals surface area contributed by atoms with Crippen LogP contribution in [-0.2, 0) is 4.74 Å². The van der Waals surface area contributed by atoms with E-state index in [-0.39, 0.29) is 5.97 Å². The highest BCUT2D eigenvalue weighted by molar-refractivity contribution is 5.89. The normalized spacial score (nSPS) is 12.2. The summed E-state index contributed by atoms with van der Waals surface area (Å²) in [5.74, 6) is 0.284. The standard InChI is InChI=1S/C21H25NO2/c1-3-17(2)19-12-9-13-20(16-19)22-14-7-8-15-24-21(23)18-10-5-4-6-11-18/h4-6,9-14,16-17H,3,7-8,15H2,1-2H3. The number of carbonyl (C=O) groups excluding carboxylic acids is 1. The van der Waals surface area contributed by atoms with E-state index in [4.69, 9.17) is 4.74 Å². The predicted octanol–water partition coefficient (Wildman–Crippen LogP) is 5.54. The van der Waals surface area contributed by atoms with Crippen LogP contribution in [0.1, 0.15) is 54.9 Å². The van der Waals surface area contributed by atoms with E-state index in [1.165, 1.54) is 5.56 Å². The monoisotopic (exact) mass is 323 g/mol. The minimum atomic E-state index is -0.270. The lowest BCUT2D eigenvalue weighted by molar-refractivity contribution is 0.0502. The number of carbonyl (C=O) groups is 1. The van der Waals surface area contributed by atoms with Gasteiger partial charge in [-0.05, 0) is 55.0 Å². The summed E-state index contributed by atoms with van der Waals surface area (Å²) in [6.45, 7) is 4.83. The summed E-state index contributed by atoms with van der Waals surface area (Å²) in [6.07, 6.45) is 4.58. The van der Waals surface area contributed by atoms with Crippen LogP contribution in [0.3, 0.4) is 0 Å². The van der Waals surface area contributed by atoms with Crippen molar-refractivity contribution in [3.63, 3.8) is 0 Å². The molecule has 0 N–H and O–H groups in total. The first-order chi connectivity index (χ1) is 11.7. The Kier molecular flexibility index (Phi) is 7.21. The van der Waals surface area contributed by atoms with Gasteiger partial charge in [-0.25, -0.2) is 4.79 Å². The molecule has 2 aromatic carbocycles. The number of ether oxygens (including phenoxy) is 1. The van der Waals surface area contributed by atoms with Crippen LogP contribution < -0.4 is 0 Å². The Balaban J connectivity index is 1.72. The van der Waals surface area contributed by atoms with Crippen molar-refractivity contribution in [2.45, 2.75) is 39.0 Å². The molecular weight excluding hydrogens is 298 g/mol. The Morgan fingerprint density at radius 3 is 2.71 bits per heavy atom. The van der Waals surface area contributed by atoms with E-state index in [0.29, 0.717) is 18.1 Å². The largest absolute Gasteiger partial charge is 0.462 e. The molecule has 0 radical (unpaired) electrons. The van der Waals surface area contributed by atoms with Gasteiger partial charge in [0.2, 0.25) is 0 Å². The maximum absolute atomic E-state index is 11.8. The zero-order valence-electron chi connectivity index (χ0n) is 14.4. The second-order valence-electron chi connectivity index (χ2n) is 5.86. The molecule has 0 saturated heterocycles. The third kappa shape index (κ3) is 5.65. The van der Waals surface area contributed by atoms with Crippen molar-refractivity contribution >= 4 is 17.9 Å². The van der Waals surface area contributed by atoms with Crippen molar-refractivity contribution in [2.24, 2.45) is 4.99 Å². The van der Waals surface area contributed by atoms with Gasteiger partial charge in [-0.2, -0.15) is 0 Å². The summed E-state index contributed by atoms with van der Waals surface area (Å²) in [5.41, 5.74) is 2.89. The number of esters is 1. The third-order valence-corrected chi connectivity index (χ3v) is 4.01. The number of rotatable bonds is 8. The first-order valence-electron chi connectivity index (χ1n) is 8.55. The first kappa shape index (κ1) is 17.9. The highest BCUT2D eigenvalue weighted by atomic mass is 16.5. The molecule has 0 aliphatic rings. The molecule has 2 aromatic rings. The molecule has 0 amide bonds. The SMILES string of the molecule is CCC(C)c1cccc(N=CCCCOC(=O)c2ccccc2)c1. The van der Waals surface area contributed by atoms with E-state index < -0.39 is 0 Å². The second-order valence-corrected chi connectivity index (χ2v) is 5.86. The van der Waals surface area contributed by atoms with Crippen LogP contribution in [0.15, 0.2) is 59.6 Å². The van der Waals surface area contributed by atoms with Crippen molar-refractivity contribution < 1.29 is 9.53 Å². The average molecular weight is 323 g/mol. The Bertz CT molecular complexity index is 665. The van der Waals surface area contributed by atoms with Crippen LogP contribution in [0.2, 0.25) is 0 Å². The van der Waals surface area contributed by atoms with E-state index in [0.717, 1.165) is 24.9 Å². The molecule has 0 saturated carbocycles. The lowest BCUT2D eigenvalue weighted by Gasteiger charge is -2.08. The van der Waals surface area contributed by atoms with Crippen LogP contribution in [-0.4, -0.2) is 18.8 Å². The van der Waals surface area contributed by atoms with Gasteiger partial charge in [0.25, 0.3) is 0 Å². The van der Waals surface area contributed by atoms with Crippen molar-refractivity contribution in [1.82, 2.24) is 0 Å². The summed E-state index contributed by atoms with van der Waals surface area (Å²) < 4.78 is 5.24. The van der Waals surface area contributed by atoms with E-state index in [2.05, 4.69) is 37.0 Å². The number of unbranched alkanes of at least 4 members (excludes halogenated alkanes) is 1. The van der Waals surface area contributed by atoms with E-state index in [9.17, 15) is 4.79 Å². The Hall–Kier alpha value is -2.42. The van der Waals surface area contributed by atoms with Crippen LogP contribution in [0, 0.1) is 0 Å². The summed E-state index contributed by atoms with van der Waals surface area (Å²) >= 11 is 0. The molecule has 0 aromatic heterocycles. The molecule has 1 unspecified atom stereocenters. The maximum Gasteiger partial charge on any atom is 0.338 e. The molecule has 2 rings (SSSR count). The minimum Gasteiger partial charge on any atom is -0.462 e. The number of nitrogens with zero attached hydrogens (tertiary/aromatic N) is 1. The summed E-state index contributed by atoms with van der Waals surface area (Å²) in [7, 11) is 0. The van der Waals surface area contributed by atoms with Crippen molar-refractivity contribution in [2.75, 3.05) is 6.61 Å². The van der Waals surface area contributed by atoms with E-state index in [1.807, 2.05) is 30.5 Å². The zero-order chi connectivity index (χ0) is 17.2. The smallest absolute Gasteiger partial charge is 0.338 e. The fourth-order valence-corrected chi connectivity index (χ4v) is 2.31. The number of hydrogen-bond donors (Lipinski definition) is 0. The van der Waals surface area contributed by atoms with Crippen molar-refractivity contribution in [3.8, 4) is 0 Å².